The summed E-state index contributed by atoms with van der Waals surface area (Å²) in [5.74, 6) is 0. The highest BCUT2D eigenvalue weighted by atomic mass is 32.1. The number of nitrogens with zero attached hydrogens (tertiary/aromatic N) is 4. The summed E-state index contributed by atoms with van der Waals surface area (Å²) in [5, 5.41) is 38.6. The maximum absolute atomic E-state index is 9.65. The van der Waals surface area contributed by atoms with Gasteiger partial charge in [0.15, 0.2) is 0 Å². The van der Waals surface area contributed by atoms with Crippen molar-refractivity contribution in [3.8, 4) is 24.3 Å². The van der Waals surface area contributed by atoms with Crippen LogP contribution in [0.15, 0.2) is 56.7 Å². The molecule has 0 N–H and O–H groups in total. The first-order valence-corrected chi connectivity index (χ1v) is 20.5. The fraction of sp³-hybridized carbons (Fsp3) is 0.429. The van der Waals surface area contributed by atoms with Gasteiger partial charge in [-0.2, -0.15) is 21.0 Å². The number of hydrogen-bond donors (Lipinski definition) is 0. The van der Waals surface area contributed by atoms with Gasteiger partial charge in [0.2, 0.25) is 0 Å². The normalized spacial score (nSPS) is 22.0. The van der Waals surface area contributed by atoms with Crippen LogP contribution in [0.5, 0.6) is 0 Å². The Morgan fingerprint density at radius 3 is 1.27 bits per heavy atom. The lowest BCUT2D eigenvalue weighted by Gasteiger charge is -2.39. The summed E-state index contributed by atoms with van der Waals surface area (Å²) in [6.45, 7) is 0. The van der Waals surface area contributed by atoms with E-state index in [0.29, 0.717) is 0 Å². The van der Waals surface area contributed by atoms with Gasteiger partial charge in [-0.25, -0.2) is 0 Å². The topological polar surface area (TPSA) is 95.2 Å². The molecule has 2 spiro atoms. The van der Waals surface area contributed by atoms with Gasteiger partial charge in [-0.15, -0.1) is 34.0 Å². The van der Waals surface area contributed by atoms with Crippen molar-refractivity contribution >= 4 is 65.0 Å². The predicted octanol–water partition coefficient (Wildman–Crippen LogP) is 12.3. The number of hydrogen-bond acceptors (Lipinski definition) is 7. The Hall–Kier alpha value is -3.98. The van der Waals surface area contributed by atoms with E-state index >= 15 is 0 Å². The molecule has 0 aliphatic heterocycles. The van der Waals surface area contributed by atoms with Crippen molar-refractivity contribution in [3.05, 3.63) is 77.6 Å². The summed E-state index contributed by atoms with van der Waals surface area (Å²) < 4.78 is 5.98. The molecule has 0 amide bonds. The molecule has 0 saturated heterocycles. The minimum absolute atomic E-state index is 0.0243. The average molecular weight is 693 g/mol. The third kappa shape index (κ3) is 4.46. The van der Waals surface area contributed by atoms with E-state index in [-0.39, 0.29) is 22.0 Å². The Balaban J connectivity index is 1.20. The van der Waals surface area contributed by atoms with E-state index in [1.807, 2.05) is 22.7 Å². The zero-order valence-electron chi connectivity index (χ0n) is 27.6. The first-order valence-electron chi connectivity index (χ1n) is 18.0. The fourth-order valence-electron chi connectivity index (χ4n) is 10.3. The molecule has 3 aromatic rings. The minimum Gasteiger partial charge on any atom is -0.192 e. The van der Waals surface area contributed by atoms with E-state index in [9.17, 15) is 21.0 Å². The Labute approximate surface area is 300 Å². The molecule has 9 rings (SSSR count). The van der Waals surface area contributed by atoms with Crippen molar-refractivity contribution in [2.45, 2.75) is 114 Å². The monoisotopic (exact) mass is 692 g/mol. The summed E-state index contributed by atoms with van der Waals surface area (Å²) in [5.41, 5.74) is 11.2. The molecule has 242 valence electrons. The molecule has 3 aromatic heterocycles. The summed E-state index contributed by atoms with van der Waals surface area (Å²) >= 11 is 6.08. The third-order valence-corrected chi connectivity index (χ3v) is 16.3. The van der Waals surface area contributed by atoms with Crippen LogP contribution in [0.25, 0.3) is 31.0 Å². The first-order chi connectivity index (χ1) is 24.0. The molecule has 2 saturated carbocycles. The summed E-state index contributed by atoms with van der Waals surface area (Å²) in [7, 11) is 0. The van der Waals surface area contributed by atoms with Gasteiger partial charge in [-0.05, 0) is 121 Å². The molecule has 0 aromatic carbocycles. The Morgan fingerprint density at radius 1 is 0.469 bits per heavy atom. The van der Waals surface area contributed by atoms with Crippen LogP contribution in [0.4, 0.5) is 0 Å². The zero-order valence-corrected chi connectivity index (χ0v) is 30.1. The van der Waals surface area contributed by atoms with Crippen LogP contribution >= 0.6 is 34.0 Å². The quantitative estimate of drug-likeness (QED) is 0.250. The van der Waals surface area contributed by atoms with Crippen LogP contribution in [-0.4, -0.2) is 0 Å². The van der Waals surface area contributed by atoms with E-state index in [4.69, 9.17) is 0 Å². The molecule has 2 fully saturated rings. The van der Waals surface area contributed by atoms with Crippen LogP contribution < -0.4 is 0 Å². The largest absolute Gasteiger partial charge is 0.192 e. The van der Waals surface area contributed by atoms with E-state index in [2.05, 4.69) is 59.9 Å². The first kappa shape index (κ1) is 31.0. The SMILES string of the molecule is N#CC(C#N)=C1C=C(C2=Cc3sc4c(sc5c6c(sc54)C=C(C4=CC(=C(C#N)C#N)CCC4)C64CCCCC4)c3C23CCCCC3)CCC1. The van der Waals surface area contributed by atoms with Crippen molar-refractivity contribution in [2.75, 3.05) is 0 Å². The molecular weight excluding hydrogens is 657 g/mol. The number of thiophene rings is 3. The van der Waals surface area contributed by atoms with E-state index in [0.717, 1.165) is 49.7 Å². The van der Waals surface area contributed by atoms with Gasteiger partial charge in [-0.3, -0.25) is 0 Å². The highest BCUT2D eigenvalue weighted by Crippen LogP contribution is 2.65. The smallest absolute Gasteiger partial charge is 0.132 e. The Bertz CT molecular complexity index is 2140. The fourth-order valence-corrected chi connectivity index (χ4v) is 15.1. The van der Waals surface area contributed by atoms with Crippen LogP contribution in [0.1, 0.15) is 124 Å². The lowest BCUT2D eigenvalue weighted by Crippen LogP contribution is -2.30. The van der Waals surface area contributed by atoms with Crippen molar-refractivity contribution in [1.29, 1.82) is 21.0 Å². The molecule has 0 bridgehead atoms. The summed E-state index contributed by atoms with van der Waals surface area (Å²) in [6.07, 6.45) is 27.3. The number of nitriles is 4. The second kappa shape index (κ2) is 11.8. The number of fused-ring (bicyclic) bond motifs is 9. The summed E-state index contributed by atoms with van der Waals surface area (Å²) in [4.78, 5) is 2.87. The van der Waals surface area contributed by atoms with Gasteiger partial charge >= 0.3 is 0 Å². The summed E-state index contributed by atoms with van der Waals surface area (Å²) in [6, 6.07) is 8.63. The van der Waals surface area contributed by atoms with Gasteiger partial charge in [0.05, 0.1) is 18.8 Å². The van der Waals surface area contributed by atoms with Gasteiger partial charge < -0.3 is 0 Å². The van der Waals surface area contributed by atoms with Crippen molar-refractivity contribution in [1.82, 2.24) is 0 Å². The van der Waals surface area contributed by atoms with E-state index < -0.39 is 0 Å². The predicted molar refractivity (Wildman–Crippen MR) is 201 cm³/mol. The molecule has 3 heterocycles. The van der Waals surface area contributed by atoms with E-state index in [1.165, 1.54) is 115 Å². The molecule has 0 unspecified atom stereocenters. The Kier molecular flexibility index (Phi) is 7.49. The standard InChI is InChI=1S/C42H36N4S3/c43-21-29(22-44)25-9-7-11-27(17-25)31-19-33-35(41(31)13-3-1-4-14-41)37-39(47-33)40-38(49-37)36-34(48-40)20-32(42(36)15-5-2-6-16-42)28-12-8-10-26(18-28)30(23-45)24-46/h17-20H,1-16H2. The highest BCUT2D eigenvalue weighted by Gasteiger charge is 2.49. The zero-order chi connectivity index (χ0) is 33.3. The molecule has 6 aliphatic carbocycles. The van der Waals surface area contributed by atoms with Crippen LogP contribution in [0.3, 0.4) is 0 Å². The molecule has 0 radical (unpaired) electrons. The molecule has 7 heteroatoms. The van der Waals surface area contributed by atoms with E-state index in [1.54, 1.807) is 11.1 Å². The maximum atomic E-state index is 9.65. The van der Waals surface area contributed by atoms with Crippen molar-refractivity contribution in [3.63, 3.8) is 0 Å². The molecule has 6 aliphatic rings. The lowest BCUT2D eigenvalue weighted by molar-refractivity contribution is 0.349. The maximum Gasteiger partial charge on any atom is 0.132 e. The van der Waals surface area contributed by atoms with Gasteiger partial charge in [0.25, 0.3) is 0 Å². The van der Waals surface area contributed by atoms with Crippen molar-refractivity contribution < 1.29 is 0 Å². The average Bonchev–Trinajstić information content (AvgIpc) is 3.91. The second-order valence-corrected chi connectivity index (χ2v) is 17.9. The second-order valence-electron chi connectivity index (χ2n) is 14.8. The minimum atomic E-state index is 0.0243. The van der Waals surface area contributed by atoms with Gasteiger partial charge in [-0.1, -0.05) is 50.7 Å². The molecule has 49 heavy (non-hydrogen) atoms. The molecule has 4 nitrogen and oxygen atoms in total. The molecular formula is C42H36N4S3. The van der Waals surface area contributed by atoms with Crippen LogP contribution in [0.2, 0.25) is 0 Å². The lowest BCUT2D eigenvalue weighted by atomic mass is 9.64. The highest BCUT2D eigenvalue weighted by molar-refractivity contribution is 7.39. The van der Waals surface area contributed by atoms with Crippen LogP contribution in [0, 0.1) is 45.3 Å². The Morgan fingerprint density at radius 2 is 0.878 bits per heavy atom. The third-order valence-electron chi connectivity index (χ3n) is 12.4. The van der Waals surface area contributed by atoms with Crippen molar-refractivity contribution in [2.24, 2.45) is 0 Å². The molecule has 0 atom stereocenters. The van der Waals surface area contributed by atoms with Gasteiger partial charge in [0, 0.05) is 20.6 Å². The van der Waals surface area contributed by atoms with Crippen LogP contribution in [-0.2, 0) is 10.8 Å². The van der Waals surface area contributed by atoms with Gasteiger partial charge in [0.1, 0.15) is 35.4 Å². The number of allylic oxidation sites excluding steroid dienone is 10. The number of rotatable bonds is 2.